The Morgan fingerprint density at radius 3 is 2.50 bits per heavy atom. The summed E-state index contributed by atoms with van der Waals surface area (Å²) in [4.78, 5) is 1.20. The maximum absolute atomic E-state index is 13.4. The summed E-state index contributed by atoms with van der Waals surface area (Å²) >= 11 is 1.77. The lowest BCUT2D eigenvalue weighted by Gasteiger charge is -2.08. The van der Waals surface area contributed by atoms with Gasteiger partial charge in [-0.3, -0.25) is 0 Å². The van der Waals surface area contributed by atoms with Gasteiger partial charge in [0.1, 0.15) is 6.17 Å². The summed E-state index contributed by atoms with van der Waals surface area (Å²) in [5, 5.41) is 2.83. The van der Waals surface area contributed by atoms with Crippen LogP contribution in [0.15, 0.2) is 29.2 Å². The van der Waals surface area contributed by atoms with Crippen LogP contribution in [0.2, 0.25) is 0 Å². The van der Waals surface area contributed by atoms with Gasteiger partial charge in [0.25, 0.3) is 0 Å². The molecule has 1 atom stereocenters. The molecule has 0 aliphatic heterocycles. The van der Waals surface area contributed by atoms with Crippen molar-refractivity contribution in [3.63, 3.8) is 0 Å². The van der Waals surface area contributed by atoms with Gasteiger partial charge in [0.2, 0.25) is 0 Å². The van der Waals surface area contributed by atoms with Crippen molar-refractivity contribution in [2.24, 2.45) is 0 Å². The van der Waals surface area contributed by atoms with E-state index in [0.29, 0.717) is 6.54 Å². The zero-order chi connectivity index (χ0) is 10.4. The van der Waals surface area contributed by atoms with Crippen LogP contribution in [0.4, 0.5) is 4.39 Å². The van der Waals surface area contributed by atoms with Crippen molar-refractivity contribution in [3.05, 3.63) is 29.8 Å². The molecule has 1 aromatic carbocycles. The molecule has 14 heavy (non-hydrogen) atoms. The molecule has 1 aromatic rings. The number of likely N-dealkylation sites (N-methyl/N-ethyl adjacent to an activating group) is 1. The molecule has 0 radical (unpaired) electrons. The van der Waals surface area contributed by atoms with E-state index in [0.717, 1.165) is 11.3 Å². The van der Waals surface area contributed by atoms with Crippen LogP contribution in [0.5, 0.6) is 0 Å². The Balaban J connectivity index is 2.62. The summed E-state index contributed by atoms with van der Waals surface area (Å²) in [5.74, 6) is 1.05. The molecule has 0 heterocycles. The maximum Gasteiger partial charge on any atom is 0.137 e. The van der Waals surface area contributed by atoms with Gasteiger partial charge in [-0.1, -0.05) is 19.1 Å². The van der Waals surface area contributed by atoms with Gasteiger partial charge in [0.05, 0.1) is 0 Å². The van der Waals surface area contributed by atoms with Crippen molar-refractivity contribution in [1.29, 1.82) is 0 Å². The van der Waals surface area contributed by atoms with Crippen LogP contribution < -0.4 is 5.32 Å². The molecule has 0 saturated carbocycles. The van der Waals surface area contributed by atoms with E-state index in [9.17, 15) is 4.39 Å². The second kappa shape index (κ2) is 6.04. The smallest absolute Gasteiger partial charge is 0.137 e. The summed E-state index contributed by atoms with van der Waals surface area (Å²) < 4.78 is 13.4. The van der Waals surface area contributed by atoms with Crippen molar-refractivity contribution in [1.82, 2.24) is 5.32 Å². The van der Waals surface area contributed by atoms with Gasteiger partial charge in [-0.25, -0.2) is 4.39 Å². The SMILES string of the molecule is CCSc1ccc(C(F)CNC)cc1. The molecule has 0 aliphatic carbocycles. The number of hydrogen-bond donors (Lipinski definition) is 1. The fraction of sp³-hybridized carbons (Fsp3) is 0.455. The highest BCUT2D eigenvalue weighted by Gasteiger charge is 2.07. The molecule has 1 rings (SSSR count). The average Bonchev–Trinajstić information content (AvgIpc) is 2.20. The van der Waals surface area contributed by atoms with Crippen LogP contribution in [-0.2, 0) is 0 Å². The first-order valence-corrected chi connectivity index (χ1v) is 5.78. The highest BCUT2D eigenvalue weighted by Crippen LogP contribution is 2.22. The second-order valence-electron chi connectivity index (χ2n) is 3.03. The number of thioether (sulfide) groups is 1. The Morgan fingerprint density at radius 2 is 2.00 bits per heavy atom. The summed E-state index contributed by atoms with van der Waals surface area (Å²) in [5.41, 5.74) is 0.750. The van der Waals surface area contributed by atoms with E-state index in [2.05, 4.69) is 12.2 Å². The number of rotatable bonds is 5. The quantitative estimate of drug-likeness (QED) is 0.755. The number of alkyl halides is 1. The van der Waals surface area contributed by atoms with Crippen molar-refractivity contribution in [3.8, 4) is 0 Å². The van der Waals surface area contributed by atoms with Crippen LogP contribution in [-0.4, -0.2) is 19.3 Å². The molecule has 0 spiro atoms. The third kappa shape index (κ3) is 3.31. The first-order valence-electron chi connectivity index (χ1n) is 4.79. The van der Waals surface area contributed by atoms with Crippen LogP contribution >= 0.6 is 11.8 Å². The van der Waals surface area contributed by atoms with E-state index in [1.807, 2.05) is 24.3 Å². The second-order valence-corrected chi connectivity index (χ2v) is 4.36. The van der Waals surface area contributed by atoms with Gasteiger partial charge in [0, 0.05) is 11.4 Å². The molecule has 3 heteroatoms. The van der Waals surface area contributed by atoms with Crippen LogP contribution in [0.25, 0.3) is 0 Å². The predicted octanol–water partition coefficient (Wildman–Crippen LogP) is 3.03. The van der Waals surface area contributed by atoms with E-state index in [4.69, 9.17) is 0 Å². The largest absolute Gasteiger partial charge is 0.317 e. The van der Waals surface area contributed by atoms with Gasteiger partial charge in [-0.2, -0.15) is 0 Å². The van der Waals surface area contributed by atoms with Crippen LogP contribution in [0.3, 0.4) is 0 Å². The lowest BCUT2D eigenvalue weighted by atomic mass is 10.1. The summed E-state index contributed by atoms with van der Waals surface area (Å²) in [7, 11) is 1.76. The topological polar surface area (TPSA) is 12.0 Å². The van der Waals surface area contributed by atoms with E-state index in [1.54, 1.807) is 18.8 Å². The average molecular weight is 213 g/mol. The third-order valence-corrected chi connectivity index (χ3v) is 2.83. The molecule has 1 nitrogen and oxygen atoms in total. The Labute approximate surface area is 89.1 Å². The zero-order valence-electron chi connectivity index (χ0n) is 8.59. The number of hydrogen-bond acceptors (Lipinski definition) is 2. The fourth-order valence-electron chi connectivity index (χ4n) is 1.24. The van der Waals surface area contributed by atoms with Gasteiger partial charge >= 0.3 is 0 Å². The first kappa shape index (κ1) is 11.5. The van der Waals surface area contributed by atoms with E-state index in [1.165, 1.54) is 4.90 Å². The molecule has 0 amide bonds. The highest BCUT2D eigenvalue weighted by atomic mass is 32.2. The summed E-state index contributed by atoms with van der Waals surface area (Å²) in [6.45, 7) is 2.48. The predicted molar refractivity (Wildman–Crippen MR) is 60.6 cm³/mol. The molecule has 1 unspecified atom stereocenters. The zero-order valence-corrected chi connectivity index (χ0v) is 9.40. The molecular formula is C11H16FNS. The van der Waals surface area contributed by atoms with Gasteiger partial charge < -0.3 is 5.32 Å². The number of halogens is 1. The molecule has 1 N–H and O–H groups in total. The molecule has 0 saturated heterocycles. The van der Waals surface area contributed by atoms with Crippen molar-refractivity contribution < 1.29 is 4.39 Å². The molecule has 78 valence electrons. The number of benzene rings is 1. The van der Waals surface area contributed by atoms with Crippen molar-refractivity contribution in [2.45, 2.75) is 18.0 Å². The van der Waals surface area contributed by atoms with Crippen LogP contribution in [0, 0.1) is 0 Å². The maximum atomic E-state index is 13.4. The number of nitrogens with one attached hydrogen (secondary N) is 1. The van der Waals surface area contributed by atoms with E-state index >= 15 is 0 Å². The minimum absolute atomic E-state index is 0.375. The molecular weight excluding hydrogens is 197 g/mol. The normalized spacial score (nSPS) is 12.8. The summed E-state index contributed by atoms with van der Waals surface area (Å²) in [6.07, 6.45) is -0.902. The lowest BCUT2D eigenvalue weighted by Crippen LogP contribution is -2.13. The molecule has 0 aromatic heterocycles. The van der Waals surface area contributed by atoms with E-state index < -0.39 is 6.17 Å². The minimum Gasteiger partial charge on any atom is -0.317 e. The molecule has 0 aliphatic rings. The van der Waals surface area contributed by atoms with Crippen molar-refractivity contribution >= 4 is 11.8 Å². The van der Waals surface area contributed by atoms with Gasteiger partial charge in [-0.05, 0) is 30.5 Å². The standard InChI is InChI=1S/C11H16FNS/c1-3-14-10-6-4-9(5-7-10)11(12)8-13-2/h4-7,11,13H,3,8H2,1-2H3. The Kier molecular flexibility index (Phi) is 4.98. The molecule has 0 fully saturated rings. The van der Waals surface area contributed by atoms with Crippen molar-refractivity contribution in [2.75, 3.05) is 19.3 Å². The lowest BCUT2D eigenvalue weighted by molar-refractivity contribution is 0.335. The monoisotopic (exact) mass is 213 g/mol. The Hall–Kier alpha value is -0.540. The third-order valence-electron chi connectivity index (χ3n) is 1.94. The van der Waals surface area contributed by atoms with Gasteiger partial charge in [-0.15, -0.1) is 11.8 Å². The highest BCUT2D eigenvalue weighted by molar-refractivity contribution is 7.99. The summed E-state index contributed by atoms with van der Waals surface area (Å²) in [6, 6.07) is 7.68. The fourth-order valence-corrected chi connectivity index (χ4v) is 1.90. The Bertz CT molecular complexity index is 260. The minimum atomic E-state index is -0.902. The van der Waals surface area contributed by atoms with E-state index in [-0.39, 0.29) is 0 Å². The van der Waals surface area contributed by atoms with Crippen LogP contribution in [0.1, 0.15) is 18.7 Å². The van der Waals surface area contributed by atoms with Gasteiger partial charge in [0.15, 0.2) is 0 Å². The first-order chi connectivity index (χ1) is 6.77. The molecule has 0 bridgehead atoms. The Morgan fingerprint density at radius 1 is 1.36 bits per heavy atom.